The normalized spacial score (nSPS) is 13.1. The molecule has 0 aliphatic heterocycles. The molecule has 0 aromatic carbocycles. The van der Waals surface area contributed by atoms with Crippen molar-refractivity contribution < 1.29 is 18.3 Å². The summed E-state index contributed by atoms with van der Waals surface area (Å²) in [6, 6.07) is 4.40. The lowest BCUT2D eigenvalue weighted by atomic mass is 10.3. The number of nitrogens with one attached hydrogen (secondary N) is 1. The number of rotatable bonds is 5. The van der Waals surface area contributed by atoms with E-state index in [-0.39, 0.29) is 12.2 Å². The fourth-order valence-corrected chi connectivity index (χ4v) is 1.33. The van der Waals surface area contributed by atoms with Crippen LogP contribution in [0.25, 0.3) is 0 Å². The van der Waals surface area contributed by atoms with Crippen LogP contribution in [0.15, 0.2) is 18.2 Å². The third kappa shape index (κ3) is 4.00. The molecule has 1 unspecified atom stereocenters. The number of carboxylic acids is 1. The molecule has 0 bridgehead atoms. The van der Waals surface area contributed by atoms with Crippen molar-refractivity contribution in [3.8, 4) is 0 Å². The first kappa shape index (κ1) is 13.4. The molecular formula is C9H13N3O4S. The fourth-order valence-electron chi connectivity index (χ4n) is 1.02. The lowest BCUT2D eigenvalue weighted by Crippen LogP contribution is -2.32. The summed E-state index contributed by atoms with van der Waals surface area (Å²) in [6.07, 6.45) is 0. The summed E-state index contributed by atoms with van der Waals surface area (Å²) in [4.78, 5) is 14.4. The van der Waals surface area contributed by atoms with E-state index in [9.17, 15) is 13.2 Å². The van der Waals surface area contributed by atoms with Gasteiger partial charge in [-0.05, 0) is 19.1 Å². The molecular weight excluding hydrogens is 246 g/mol. The van der Waals surface area contributed by atoms with Gasteiger partial charge in [0.2, 0.25) is 10.0 Å². The first-order valence-corrected chi connectivity index (χ1v) is 6.37. The number of hydrogen-bond donors (Lipinski definition) is 3. The van der Waals surface area contributed by atoms with Gasteiger partial charge in [0.05, 0.1) is 5.25 Å². The Morgan fingerprint density at radius 3 is 2.76 bits per heavy atom. The first-order chi connectivity index (χ1) is 7.80. The highest BCUT2D eigenvalue weighted by Crippen LogP contribution is 2.06. The Morgan fingerprint density at radius 2 is 2.24 bits per heavy atom. The number of pyridine rings is 1. The topological polar surface area (TPSA) is 122 Å². The van der Waals surface area contributed by atoms with Crippen LogP contribution in [0.2, 0.25) is 0 Å². The highest BCUT2D eigenvalue weighted by Gasteiger charge is 2.15. The Hall–Kier alpha value is -1.67. The van der Waals surface area contributed by atoms with Crippen LogP contribution < -0.4 is 10.5 Å². The van der Waals surface area contributed by atoms with Gasteiger partial charge in [0.1, 0.15) is 5.82 Å². The second-order valence-corrected chi connectivity index (χ2v) is 5.48. The highest BCUT2D eigenvalue weighted by atomic mass is 32.2. The van der Waals surface area contributed by atoms with Crippen LogP contribution in [0.3, 0.4) is 0 Å². The van der Waals surface area contributed by atoms with Crippen molar-refractivity contribution in [2.45, 2.75) is 12.2 Å². The average molecular weight is 259 g/mol. The molecule has 1 atom stereocenters. The minimum Gasteiger partial charge on any atom is -0.477 e. The summed E-state index contributed by atoms with van der Waals surface area (Å²) in [5.41, 5.74) is -0.113. The molecule has 1 aromatic heterocycles. The van der Waals surface area contributed by atoms with Gasteiger partial charge in [0.15, 0.2) is 5.69 Å². The zero-order valence-corrected chi connectivity index (χ0v) is 9.94. The van der Waals surface area contributed by atoms with Gasteiger partial charge < -0.3 is 10.4 Å². The van der Waals surface area contributed by atoms with Gasteiger partial charge in [-0.1, -0.05) is 6.07 Å². The maximum atomic E-state index is 11.0. The summed E-state index contributed by atoms with van der Waals surface area (Å²) < 4.78 is 21.9. The van der Waals surface area contributed by atoms with E-state index in [1.165, 1.54) is 19.1 Å². The maximum Gasteiger partial charge on any atom is 0.354 e. The number of carbonyl (C=O) groups is 1. The van der Waals surface area contributed by atoms with Crippen molar-refractivity contribution in [1.29, 1.82) is 0 Å². The van der Waals surface area contributed by atoms with E-state index in [0.717, 1.165) is 0 Å². The van der Waals surface area contributed by atoms with Crippen molar-refractivity contribution in [1.82, 2.24) is 4.98 Å². The molecule has 4 N–H and O–H groups in total. The van der Waals surface area contributed by atoms with Crippen LogP contribution in [0.4, 0.5) is 5.82 Å². The number of nitrogens with zero attached hydrogens (tertiary/aromatic N) is 1. The molecule has 1 aromatic rings. The summed E-state index contributed by atoms with van der Waals surface area (Å²) in [5.74, 6) is -0.853. The van der Waals surface area contributed by atoms with E-state index in [1.54, 1.807) is 6.07 Å². The monoisotopic (exact) mass is 259 g/mol. The molecule has 17 heavy (non-hydrogen) atoms. The molecule has 0 aliphatic rings. The molecule has 0 radical (unpaired) electrons. The molecule has 94 valence electrons. The Morgan fingerprint density at radius 1 is 1.59 bits per heavy atom. The number of carboxylic acid groups (broad SMARTS) is 1. The van der Waals surface area contributed by atoms with Crippen molar-refractivity contribution in [2.75, 3.05) is 11.9 Å². The number of anilines is 1. The van der Waals surface area contributed by atoms with Gasteiger partial charge in [-0.15, -0.1) is 0 Å². The predicted molar refractivity (Wildman–Crippen MR) is 62.3 cm³/mol. The molecule has 0 fully saturated rings. The molecule has 1 rings (SSSR count). The number of aromatic carboxylic acids is 1. The van der Waals surface area contributed by atoms with Gasteiger partial charge in [-0.2, -0.15) is 0 Å². The molecule has 8 heteroatoms. The quantitative estimate of drug-likeness (QED) is 0.677. The SMILES string of the molecule is CC(CNc1cccc(C(=O)O)n1)S(N)(=O)=O. The Balaban J connectivity index is 2.70. The first-order valence-electron chi connectivity index (χ1n) is 4.76. The summed E-state index contributed by atoms with van der Waals surface area (Å²) in [6.45, 7) is 1.51. The highest BCUT2D eigenvalue weighted by molar-refractivity contribution is 7.89. The molecule has 0 spiro atoms. The lowest BCUT2D eigenvalue weighted by Gasteiger charge is -2.10. The van der Waals surface area contributed by atoms with Crippen LogP contribution in [-0.4, -0.2) is 36.3 Å². The van der Waals surface area contributed by atoms with E-state index in [2.05, 4.69) is 10.3 Å². The molecule has 0 saturated carbocycles. The van der Waals surface area contributed by atoms with Gasteiger partial charge in [0, 0.05) is 6.54 Å². The molecule has 7 nitrogen and oxygen atoms in total. The zero-order chi connectivity index (χ0) is 13.1. The van der Waals surface area contributed by atoms with Crippen LogP contribution in [0, 0.1) is 0 Å². The Bertz CT molecular complexity index is 515. The smallest absolute Gasteiger partial charge is 0.354 e. The van der Waals surface area contributed by atoms with Crippen LogP contribution in [0.5, 0.6) is 0 Å². The Kier molecular flexibility index (Phi) is 4.02. The van der Waals surface area contributed by atoms with Crippen LogP contribution in [-0.2, 0) is 10.0 Å². The summed E-state index contributed by atoms with van der Waals surface area (Å²) >= 11 is 0. The number of nitrogens with two attached hydrogens (primary N) is 1. The molecule has 0 amide bonds. The van der Waals surface area contributed by atoms with E-state index < -0.39 is 21.2 Å². The Labute approximate surface area is 98.7 Å². The van der Waals surface area contributed by atoms with Crippen molar-refractivity contribution >= 4 is 21.8 Å². The van der Waals surface area contributed by atoms with Crippen molar-refractivity contribution in [3.05, 3.63) is 23.9 Å². The van der Waals surface area contributed by atoms with Crippen LogP contribution in [0.1, 0.15) is 17.4 Å². The maximum absolute atomic E-state index is 11.0. The zero-order valence-electron chi connectivity index (χ0n) is 9.12. The summed E-state index contributed by atoms with van der Waals surface area (Å²) in [5, 5.41) is 15.6. The minimum absolute atomic E-state index is 0.0644. The van der Waals surface area contributed by atoms with Crippen molar-refractivity contribution in [3.63, 3.8) is 0 Å². The third-order valence-corrected chi connectivity index (χ3v) is 3.39. The van der Waals surface area contributed by atoms with Gasteiger partial charge in [0.25, 0.3) is 0 Å². The van der Waals surface area contributed by atoms with E-state index in [0.29, 0.717) is 5.82 Å². The van der Waals surface area contributed by atoms with Crippen molar-refractivity contribution in [2.24, 2.45) is 5.14 Å². The standard InChI is InChI=1S/C9H13N3O4S/c1-6(17(10,15)16)5-11-8-4-2-3-7(12-8)9(13)14/h2-4,6H,5H2,1H3,(H,11,12)(H,13,14)(H2,10,15,16). The van der Waals surface area contributed by atoms with Crippen LogP contribution >= 0.6 is 0 Å². The predicted octanol–water partition coefficient (Wildman–Crippen LogP) is -0.131. The number of sulfonamides is 1. The van der Waals surface area contributed by atoms with Gasteiger partial charge in [-0.25, -0.2) is 23.3 Å². The second kappa shape index (κ2) is 5.11. The molecule has 0 aliphatic carbocycles. The number of aromatic nitrogens is 1. The average Bonchev–Trinajstić information content (AvgIpc) is 2.25. The second-order valence-electron chi connectivity index (χ2n) is 3.49. The van der Waals surface area contributed by atoms with E-state index in [4.69, 9.17) is 10.2 Å². The lowest BCUT2D eigenvalue weighted by molar-refractivity contribution is 0.0690. The van der Waals surface area contributed by atoms with Gasteiger partial charge in [-0.3, -0.25) is 0 Å². The molecule has 0 saturated heterocycles. The molecule has 1 heterocycles. The van der Waals surface area contributed by atoms with Gasteiger partial charge >= 0.3 is 5.97 Å². The number of hydrogen-bond acceptors (Lipinski definition) is 5. The minimum atomic E-state index is -3.61. The van der Waals surface area contributed by atoms with E-state index in [1.807, 2.05) is 0 Å². The summed E-state index contributed by atoms with van der Waals surface area (Å²) in [7, 11) is -3.61. The largest absolute Gasteiger partial charge is 0.477 e. The van der Waals surface area contributed by atoms with E-state index >= 15 is 0 Å². The third-order valence-electron chi connectivity index (χ3n) is 2.10. The fraction of sp³-hybridized carbons (Fsp3) is 0.333. The number of primary sulfonamides is 1.